The van der Waals surface area contributed by atoms with Crippen molar-refractivity contribution in [1.82, 2.24) is 0 Å². The molecule has 0 atom stereocenters. The number of hydrogen-bond donors (Lipinski definition) is 0. The van der Waals surface area contributed by atoms with Gasteiger partial charge in [-0.3, -0.25) is 4.79 Å². The average molecular weight is 360 g/mol. The van der Waals surface area contributed by atoms with Crippen LogP contribution in [-0.4, -0.2) is 12.9 Å². The van der Waals surface area contributed by atoms with Gasteiger partial charge in [0.25, 0.3) is 0 Å². The maximum Gasteiger partial charge on any atom is 0.193 e. The van der Waals surface area contributed by atoms with Gasteiger partial charge in [0.2, 0.25) is 0 Å². The van der Waals surface area contributed by atoms with E-state index in [4.69, 9.17) is 9.47 Å². The third kappa shape index (κ3) is 4.37. The number of ether oxygens (including phenoxy) is 2. The van der Waals surface area contributed by atoms with E-state index < -0.39 is 0 Å². The molecular weight excluding hydrogens is 336 g/mol. The Kier molecular flexibility index (Phi) is 5.31. The number of benzene rings is 3. The van der Waals surface area contributed by atoms with Crippen molar-refractivity contribution in [2.24, 2.45) is 0 Å². The second-order valence-corrected chi connectivity index (χ2v) is 7.43. The lowest BCUT2D eigenvalue weighted by molar-refractivity contribution is 0.103. The molecule has 0 bridgehead atoms. The van der Waals surface area contributed by atoms with Crippen molar-refractivity contribution < 1.29 is 14.3 Å². The highest BCUT2D eigenvalue weighted by atomic mass is 16.5. The lowest BCUT2D eigenvalue weighted by Crippen LogP contribution is -2.11. The Morgan fingerprint density at radius 1 is 0.741 bits per heavy atom. The van der Waals surface area contributed by atoms with Crippen LogP contribution < -0.4 is 9.47 Å². The minimum atomic E-state index is -0.000647. The Bertz CT molecular complexity index is 917. The summed E-state index contributed by atoms with van der Waals surface area (Å²) in [5.41, 5.74) is 2.59. The quantitative estimate of drug-likeness (QED) is 0.522. The first kappa shape index (κ1) is 18.7. The molecule has 0 unspecified atom stereocenters. The van der Waals surface area contributed by atoms with Gasteiger partial charge in [-0.25, -0.2) is 0 Å². The Balaban J connectivity index is 1.76. The number of carbonyl (C=O) groups excluding carboxylic acids is 1. The van der Waals surface area contributed by atoms with Gasteiger partial charge in [0.15, 0.2) is 17.3 Å². The summed E-state index contributed by atoms with van der Waals surface area (Å²) in [5, 5.41) is 0. The number of ketones is 1. The number of methoxy groups -OCH3 is 1. The van der Waals surface area contributed by atoms with Crippen molar-refractivity contribution in [2.75, 3.05) is 7.11 Å². The van der Waals surface area contributed by atoms with E-state index in [0.29, 0.717) is 28.4 Å². The molecule has 0 spiro atoms. The second kappa shape index (κ2) is 7.67. The van der Waals surface area contributed by atoms with E-state index in [1.807, 2.05) is 48.5 Å². The fraction of sp³-hybridized carbons (Fsp3) is 0.208. The van der Waals surface area contributed by atoms with Crippen LogP contribution in [-0.2, 0) is 5.41 Å². The first-order valence-electron chi connectivity index (χ1n) is 8.94. The smallest absolute Gasteiger partial charge is 0.193 e. The molecule has 0 N–H and O–H groups in total. The molecule has 3 rings (SSSR count). The monoisotopic (exact) mass is 360 g/mol. The predicted molar refractivity (Wildman–Crippen MR) is 108 cm³/mol. The molecular formula is C24H24O3. The lowest BCUT2D eigenvalue weighted by Gasteiger charge is -2.19. The van der Waals surface area contributed by atoms with Crippen LogP contribution in [0.25, 0.3) is 0 Å². The molecule has 0 aliphatic heterocycles. The van der Waals surface area contributed by atoms with Crippen molar-refractivity contribution in [3.05, 3.63) is 89.5 Å². The molecule has 0 aliphatic rings. The zero-order chi connectivity index (χ0) is 19.4. The van der Waals surface area contributed by atoms with E-state index >= 15 is 0 Å². The molecule has 3 aromatic carbocycles. The van der Waals surface area contributed by atoms with Gasteiger partial charge in [0, 0.05) is 11.1 Å². The molecule has 3 heteroatoms. The summed E-state index contributed by atoms with van der Waals surface area (Å²) < 4.78 is 11.1. The summed E-state index contributed by atoms with van der Waals surface area (Å²) in [6.07, 6.45) is 0. The Morgan fingerprint density at radius 3 is 1.78 bits per heavy atom. The zero-order valence-corrected chi connectivity index (χ0v) is 16.2. The summed E-state index contributed by atoms with van der Waals surface area (Å²) in [7, 11) is 1.61. The molecule has 0 saturated carbocycles. The first-order valence-corrected chi connectivity index (χ1v) is 8.94. The molecule has 0 saturated heterocycles. The van der Waals surface area contributed by atoms with E-state index in [2.05, 4.69) is 20.8 Å². The summed E-state index contributed by atoms with van der Waals surface area (Å²) >= 11 is 0. The summed E-state index contributed by atoms with van der Waals surface area (Å²) in [6, 6.07) is 22.4. The second-order valence-electron chi connectivity index (χ2n) is 7.43. The van der Waals surface area contributed by atoms with Gasteiger partial charge in [-0.15, -0.1) is 0 Å². The Hall–Kier alpha value is -3.07. The number of para-hydroxylation sites is 2. The molecule has 0 amide bonds. The lowest BCUT2D eigenvalue weighted by atomic mass is 9.86. The maximum absolute atomic E-state index is 12.7. The van der Waals surface area contributed by atoms with Crippen molar-refractivity contribution >= 4 is 5.78 Å². The third-order valence-corrected chi connectivity index (χ3v) is 4.43. The van der Waals surface area contributed by atoms with Gasteiger partial charge < -0.3 is 9.47 Å². The van der Waals surface area contributed by atoms with Crippen LogP contribution in [0.3, 0.4) is 0 Å². The SMILES string of the molecule is COc1ccccc1Oc1ccc(C(=O)c2ccc(C(C)(C)C)cc2)cc1. The van der Waals surface area contributed by atoms with Crippen molar-refractivity contribution in [3.8, 4) is 17.2 Å². The van der Waals surface area contributed by atoms with Crippen LogP contribution >= 0.6 is 0 Å². The normalized spacial score (nSPS) is 11.1. The van der Waals surface area contributed by atoms with Gasteiger partial charge in [-0.05, 0) is 47.4 Å². The van der Waals surface area contributed by atoms with Crippen molar-refractivity contribution in [1.29, 1.82) is 0 Å². The van der Waals surface area contributed by atoms with E-state index in [1.54, 1.807) is 31.4 Å². The van der Waals surface area contributed by atoms with E-state index in [1.165, 1.54) is 5.56 Å². The Morgan fingerprint density at radius 2 is 1.26 bits per heavy atom. The highest BCUT2D eigenvalue weighted by Crippen LogP contribution is 2.31. The average Bonchev–Trinajstić information content (AvgIpc) is 2.68. The molecule has 0 heterocycles. The van der Waals surface area contributed by atoms with Crippen LogP contribution in [0.1, 0.15) is 42.3 Å². The van der Waals surface area contributed by atoms with E-state index in [-0.39, 0.29) is 11.2 Å². The summed E-state index contributed by atoms with van der Waals surface area (Å²) in [5.74, 6) is 1.95. The third-order valence-electron chi connectivity index (χ3n) is 4.43. The maximum atomic E-state index is 12.7. The van der Waals surface area contributed by atoms with Gasteiger partial charge in [-0.1, -0.05) is 57.2 Å². The molecule has 0 aromatic heterocycles. The number of carbonyl (C=O) groups is 1. The first-order chi connectivity index (χ1) is 12.9. The minimum Gasteiger partial charge on any atom is -0.493 e. The van der Waals surface area contributed by atoms with Crippen LogP contribution in [0.2, 0.25) is 0 Å². The number of rotatable bonds is 5. The molecule has 0 fully saturated rings. The zero-order valence-electron chi connectivity index (χ0n) is 16.2. The van der Waals surface area contributed by atoms with Gasteiger partial charge in [0.05, 0.1) is 7.11 Å². The van der Waals surface area contributed by atoms with Crippen LogP contribution in [0, 0.1) is 0 Å². The minimum absolute atomic E-state index is 0.000647. The van der Waals surface area contributed by atoms with Crippen molar-refractivity contribution in [2.45, 2.75) is 26.2 Å². The fourth-order valence-corrected chi connectivity index (χ4v) is 2.79. The summed E-state index contributed by atoms with van der Waals surface area (Å²) in [6.45, 7) is 6.47. The fourth-order valence-electron chi connectivity index (χ4n) is 2.79. The summed E-state index contributed by atoms with van der Waals surface area (Å²) in [4.78, 5) is 12.7. The highest BCUT2D eigenvalue weighted by molar-refractivity contribution is 6.09. The van der Waals surface area contributed by atoms with Crippen LogP contribution in [0.4, 0.5) is 0 Å². The Labute approximate surface area is 160 Å². The molecule has 27 heavy (non-hydrogen) atoms. The molecule has 3 aromatic rings. The topological polar surface area (TPSA) is 35.5 Å². The van der Waals surface area contributed by atoms with Gasteiger partial charge in [-0.2, -0.15) is 0 Å². The van der Waals surface area contributed by atoms with Gasteiger partial charge >= 0.3 is 0 Å². The van der Waals surface area contributed by atoms with Crippen molar-refractivity contribution in [3.63, 3.8) is 0 Å². The van der Waals surface area contributed by atoms with Gasteiger partial charge in [0.1, 0.15) is 5.75 Å². The van der Waals surface area contributed by atoms with E-state index in [9.17, 15) is 4.79 Å². The number of hydrogen-bond acceptors (Lipinski definition) is 3. The molecule has 0 radical (unpaired) electrons. The molecule has 3 nitrogen and oxygen atoms in total. The highest BCUT2D eigenvalue weighted by Gasteiger charge is 2.15. The van der Waals surface area contributed by atoms with E-state index in [0.717, 1.165) is 0 Å². The molecule has 0 aliphatic carbocycles. The van der Waals surface area contributed by atoms with Crippen LogP contribution in [0.5, 0.6) is 17.2 Å². The molecule has 138 valence electrons. The predicted octanol–water partition coefficient (Wildman–Crippen LogP) is 6.02. The largest absolute Gasteiger partial charge is 0.493 e. The van der Waals surface area contributed by atoms with Crippen LogP contribution in [0.15, 0.2) is 72.8 Å². The standard InChI is InChI=1S/C24H24O3/c1-24(2,3)19-13-9-17(10-14-19)23(25)18-11-15-20(16-12-18)27-22-8-6-5-7-21(22)26-4/h5-16H,1-4H3.